The Labute approximate surface area is 170 Å². The second kappa shape index (κ2) is 6.75. The Kier molecular flexibility index (Phi) is 4.26. The van der Waals surface area contributed by atoms with Crippen LogP contribution in [0.25, 0.3) is 11.0 Å². The summed E-state index contributed by atoms with van der Waals surface area (Å²) in [7, 11) is 2.03. The summed E-state index contributed by atoms with van der Waals surface area (Å²) in [6.07, 6.45) is 0.0739. The third kappa shape index (κ3) is 3.29. The largest absolute Gasteiger partial charge is 0.489 e. The van der Waals surface area contributed by atoms with E-state index in [4.69, 9.17) is 9.72 Å². The van der Waals surface area contributed by atoms with Crippen LogP contribution in [0.3, 0.4) is 0 Å². The van der Waals surface area contributed by atoms with E-state index in [2.05, 4.69) is 37.9 Å². The minimum Gasteiger partial charge on any atom is -0.489 e. The average Bonchev–Trinajstić information content (AvgIpc) is 3.09. The van der Waals surface area contributed by atoms with Gasteiger partial charge in [-0.15, -0.1) is 0 Å². The van der Waals surface area contributed by atoms with Crippen LogP contribution in [0.1, 0.15) is 31.5 Å². The fraction of sp³-hybridized carbons (Fsp3) is 0.450. The van der Waals surface area contributed by atoms with Gasteiger partial charge in [-0.25, -0.2) is 9.97 Å². The minimum atomic E-state index is -4.45. The lowest BCUT2D eigenvalue weighted by atomic mass is 9.89. The number of likely N-dealkylation sites (N-methyl/N-ethyl adjacent to an activating group) is 1. The number of hydrogen-bond donors (Lipinski definition) is 1. The molecule has 2 aliphatic rings. The van der Waals surface area contributed by atoms with Gasteiger partial charge in [0.15, 0.2) is 5.82 Å². The van der Waals surface area contributed by atoms with Crippen molar-refractivity contribution in [3.05, 3.63) is 36.3 Å². The topological polar surface area (TPSA) is 68.1 Å². The molecular formula is C20H21F3N6O. The van der Waals surface area contributed by atoms with Crippen LogP contribution in [0.5, 0.6) is 5.75 Å². The molecule has 1 saturated carbocycles. The van der Waals surface area contributed by atoms with E-state index < -0.39 is 11.9 Å². The van der Waals surface area contributed by atoms with Gasteiger partial charge in [0.05, 0.1) is 11.7 Å². The number of ether oxygens (including phenoxy) is 1. The number of hydrogen-bond acceptors (Lipinski definition) is 6. The van der Waals surface area contributed by atoms with Gasteiger partial charge in [-0.2, -0.15) is 18.2 Å². The van der Waals surface area contributed by atoms with E-state index in [9.17, 15) is 13.2 Å². The van der Waals surface area contributed by atoms with Gasteiger partial charge < -0.3 is 19.5 Å². The molecule has 30 heavy (non-hydrogen) atoms. The van der Waals surface area contributed by atoms with Gasteiger partial charge in [-0.3, -0.25) is 0 Å². The maximum atomic E-state index is 12.6. The molecule has 3 aromatic heterocycles. The first-order chi connectivity index (χ1) is 14.3. The van der Waals surface area contributed by atoms with Gasteiger partial charge >= 0.3 is 6.18 Å². The molecule has 0 bridgehead atoms. The predicted octanol–water partition coefficient (Wildman–Crippen LogP) is 3.88. The third-order valence-corrected chi connectivity index (χ3v) is 5.68. The number of rotatable bonds is 4. The molecule has 1 atom stereocenters. The highest BCUT2D eigenvalue weighted by Gasteiger charge is 2.34. The highest BCUT2D eigenvalue weighted by Crippen LogP contribution is 2.34. The number of anilines is 2. The first-order valence-corrected chi connectivity index (χ1v) is 9.84. The van der Waals surface area contributed by atoms with E-state index >= 15 is 0 Å². The molecule has 7 nitrogen and oxygen atoms in total. The normalized spacial score (nSPS) is 23.4. The molecule has 3 aromatic rings. The smallest absolute Gasteiger partial charge is 0.433 e. The maximum absolute atomic E-state index is 12.6. The zero-order valence-corrected chi connectivity index (χ0v) is 16.5. The molecule has 0 radical (unpaired) electrons. The summed E-state index contributed by atoms with van der Waals surface area (Å²) in [6, 6.07) is 4.76. The van der Waals surface area contributed by atoms with Crippen molar-refractivity contribution < 1.29 is 17.9 Å². The Morgan fingerprint density at radius 1 is 1.17 bits per heavy atom. The zero-order chi connectivity index (χ0) is 21.0. The predicted molar refractivity (Wildman–Crippen MR) is 106 cm³/mol. The van der Waals surface area contributed by atoms with Crippen molar-refractivity contribution in [1.29, 1.82) is 0 Å². The number of nitrogens with one attached hydrogen (secondary N) is 1. The van der Waals surface area contributed by atoms with E-state index in [1.54, 1.807) is 0 Å². The van der Waals surface area contributed by atoms with Crippen LogP contribution in [0.15, 0.2) is 30.6 Å². The summed E-state index contributed by atoms with van der Waals surface area (Å²) in [5.74, 6) is 1.83. The molecule has 1 aliphatic heterocycles. The van der Waals surface area contributed by atoms with Crippen molar-refractivity contribution in [2.24, 2.45) is 0 Å². The van der Waals surface area contributed by atoms with E-state index in [1.807, 2.05) is 13.1 Å². The van der Waals surface area contributed by atoms with Crippen LogP contribution < -0.4 is 15.0 Å². The number of nitrogens with zero attached hydrogens (tertiary/aromatic N) is 5. The van der Waals surface area contributed by atoms with Gasteiger partial charge in [0.2, 0.25) is 5.95 Å². The lowest BCUT2D eigenvalue weighted by molar-refractivity contribution is -0.141. The third-order valence-electron chi connectivity index (χ3n) is 5.68. The number of aromatic nitrogens is 4. The molecule has 1 N–H and O–H groups in total. The van der Waals surface area contributed by atoms with E-state index in [0.29, 0.717) is 30.6 Å². The summed E-state index contributed by atoms with van der Waals surface area (Å²) in [5, 5.41) is 3.35. The van der Waals surface area contributed by atoms with E-state index in [-0.39, 0.29) is 12.1 Å². The molecule has 1 aliphatic carbocycles. The molecule has 0 spiro atoms. The Morgan fingerprint density at radius 3 is 2.67 bits per heavy atom. The Hall–Kier alpha value is -3.04. The van der Waals surface area contributed by atoms with Crippen LogP contribution in [0.4, 0.5) is 24.9 Å². The first kappa shape index (κ1) is 19.0. The van der Waals surface area contributed by atoms with Gasteiger partial charge in [0.1, 0.15) is 23.1 Å². The van der Waals surface area contributed by atoms with Crippen molar-refractivity contribution in [2.75, 3.05) is 23.8 Å². The molecule has 0 unspecified atom stereocenters. The molecule has 5 rings (SSSR count). The summed E-state index contributed by atoms with van der Waals surface area (Å²) in [5.41, 5.74) is 1.03. The van der Waals surface area contributed by atoms with Gasteiger partial charge in [-0.05, 0) is 25.1 Å². The minimum absolute atomic E-state index is 0.0762. The monoisotopic (exact) mass is 418 g/mol. The van der Waals surface area contributed by atoms with Crippen molar-refractivity contribution in [1.82, 2.24) is 19.5 Å². The Balaban J connectivity index is 1.22. The number of alkyl halides is 3. The van der Waals surface area contributed by atoms with E-state index in [1.165, 1.54) is 6.07 Å². The van der Waals surface area contributed by atoms with Crippen LogP contribution in [0.2, 0.25) is 0 Å². The van der Waals surface area contributed by atoms with E-state index in [0.717, 1.165) is 35.7 Å². The molecule has 0 amide bonds. The van der Waals surface area contributed by atoms with Crippen LogP contribution in [-0.2, 0) is 6.18 Å². The quantitative estimate of drug-likeness (QED) is 0.694. The maximum Gasteiger partial charge on any atom is 0.433 e. The summed E-state index contributed by atoms with van der Waals surface area (Å²) in [4.78, 5) is 14.9. The van der Waals surface area contributed by atoms with Crippen LogP contribution in [0, 0.1) is 0 Å². The number of halogens is 3. The second-order valence-electron chi connectivity index (χ2n) is 7.99. The molecule has 0 aromatic carbocycles. The summed E-state index contributed by atoms with van der Waals surface area (Å²) in [6.45, 7) is 3.06. The van der Waals surface area contributed by atoms with Crippen LogP contribution >= 0.6 is 0 Å². The Bertz CT molecular complexity index is 1070. The van der Waals surface area contributed by atoms with Gasteiger partial charge in [-0.1, -0.05) is 0 Å². The molecule has 10 heteroatoms. The zero-order valence-electron chi connectivity index (χ0n) is 16.5. The highest BCUT2D eigenvalue weighted by molar-refractivity contribution is 5.89. The lowest BCUT2D eigenvalue weighted by Gasteiger charge is -2.36. The van der Waals surface area contributed by atoms with Crippen molar-refractivity contribution in [3.63, 3.8) is 0 Å². The fourth-order valence-corrected chi connectivity index (χ4v) is 4.09. The standard InChI is InChI=1S/C20H21F3N6O/c1-11-10-28(2)18-17-15(5-6-29(11)17)26-19(27-18)25-12-7-14(8-12)30-13-3-4-16(24-9-13)20(21,22)23/h3-6,9,11-12,14H,7-8,10H2,1-2H3,(H,25,26,27)/t11-,12?,14?/m1/s1. The van der Waals surface area contributed by atoms with Crippen molar-refractivity contribution >= 4 is 22.8 Å². The molecule has 158 valence electrons. The van der Waals surface area contributed by atoms with Gasteiger partial charge in [0.25, 0.3) is 0 Å². The van der Waals surface area contributed by atoms with Crippen molar-refractivity contribution in [2.45, 2.75) is 44.1 Å². The summed E-state index contributed by atoms with van der Waals surface area (Å²) >= 11 is 0. The molecule has 0 saturated heterocycles. The molecule has 4 heterocycles. The fourth-order valence-electron chi connectivity index (χ4n) is 4.09. The second-order valence-corrected chi connectivity index (χ2v) is 7.99. The highest BCUT2D eigenvalue weighted by atomic mass is 19.4. The van der Waals surface area contributed by atoms with Crippen LogP contribution in [-0.4, -0.2) is 45.3 Å². The van der Waals surface area contributed by atoms with Gasteiger partial charge in [0, 0.05) is 44.7 Å². The van der Waals surface area contributed by atoms with Crippen molar-refractivity contribution in [3.8, 4) is 5.75 Å². The number of pyridine rings is 1. The molecular weight excluding hydrogens is 397 g/mol. The average molecular weight is 418 g/mol. The Morgan fingerprint density at radius 2 is 1.97 bits per heavy atom. The first-order valence-electron chi connectivity index (χ1n) is 9.84. The molecule has 1 fully saturated rings. The summed E-state index contributed by atoms with van der Waals surface area (Å²) < 4.78 is 45.7. The SMILES string of the molecule is C[C@@H]1CN(C)c2nc(NC3CC(Oc4ccc(C(F)(F)F)nc4)C3)nc3ccn1c23. The lowest BCUT2D eigenvalue weighted by Crippen LogP contribution is -2.43.